The SMILES string of the molecule is C#Cc1cnc(C(=O)OC)nc1. The molecule has 0 fully saturated rings. The molecule has 0 aliphatic rings. The summed E-state index contributed by atoms with van der Waals surface area (Å²) in [5.74, 6) is 1.77. The van der Waals surface area contributed by atoms with Crippen molar-refractivity contribution in [2.45, 2.75) is 0 Å². The Kier molecular flexibility index (Phi) is 2.38. The largest absolute Gasteiger partial charge is 0.463 e. The lowest BCUT2D eigenvalue weighted by molar-refractivity contribution is 0.0586. The first kappa shape index (κ1) is 8.21. The summed E-state index contributed by atoms with van der Waals surface area (Å²) in [6.45, 7) is 0. The van der Waals surface area contributed by atoms with E-state index in [4.69, 9.17) is 6.42 Å². The highest BCUT2D eigenvalue weighted by Crippen LogP contribution is 1.94. The number of carbonyl (C=O) groups excluding carboxylic acids is 1. The summed E-state index contributed by atoms with van der Waals surface area (Å²) in [6.07, 6.45) is 7.84. The zero-order valence-electron chi connectivity index (χ0n) is 6.44. The Labute approximate surface area is 69.6 Å². The number of aromatic nitrogens is 2. The molecule has 12 heavy (non-hydrogen) atoms. The molecule has 0 atom stereocenters. The number of esters is 1. The van der Waals surface area contributed by atoms with Crippen molar-refractivity contribution >= 4 is 5.97 Å². The summed E-state index contributed by atoms with van der Waals surface area (Å²) in [5, 5.41) is 0. The lowest BCUT2D eigenvalue weighted by Gasteiger charge is -1.95. The lowest BCUT2D eigenvalue weighted by Crippen LogP contribution is -2.06. The molecule has 0 spiro atoms. The van der Waals surface area contributed by atoms with Gasteiger partial charge in [0, 0.05) is 12.4 Å². The highest BCUT2D eigenvalue weighted by atomic mass is 16.5. The van der Waals surface area contributed by atoms with Gasteiger partial charge in [0.05, 0.1) is 12.7 Å². The van der Waals surface area contributed by atoms with Gasteiger partial charge in [-0.25, -0.2) is 14.8 Å². The molecule has 1 rings (SSSR count). The minimum absolute atomic E-state index is 0.0106. The van der Waals surface area contributed by atoms with Crippen molar-refractivity contribution in [2.24, 2.45) is 0 Å². The van der Waals surface area contributed by atoms with Crippen molar-refractivity contribution in [3.63, 3.8) is 0 Å². The van der Waals surface area contributed by atoms with Crippen LogP contribution in [0.3, 0.4) is 0 Å². The van der Waals surface area contributed by atoms with Crippen LogP contribution in [0.25, 0.3) is 0 Å². The third-order valence-electron chi connectivity index (χ3n) is 1.19. The van der Waals surface area contributed by atoms with Gasteiger partial charge in [-0.15, -0.1) is 6.42 Å². The summed E-state index contributed by atoms with van der Waals surface area (Å²) >= 11 is 0. The number of ether oxygens (including phenoxy) is 1. The van der Waals surface area contributed by atoms with Crippen LogP contribution >= 0.6 is 0 Å². The van der Waals surface area contributed by atoms with Crippen LogP contribution in [0, 0.1) is 12.3 Å². The standard InChI is InChI=1S/C8H6N2O2/c1-3-6-4-9-7(10-5-6)8(11)12-2/h1,4-5H,2H3. The van der Waals surface area contributed by atoms with Crippen LogP contribution in [0.5, 0.6) is 0 Å². The number of nitrogens with zero attached hydrogens (tertiary/aromatic N) is 2. The van der Waals surface area contributed by atoms with E-state index in [1.807, 2.05) is 0 Å². The molecule has 0 N–H and O–H groups in total. The van der Waals surface area contributed by atoms with E-state index < -0.39 is 5.97 Å². The monoisotopic (exact) mass is 162 g/mol. The molecular formula is C8H6N2O2. The van der Waals surface area contributed by atoms with Crippen LogP contribution in [-0.4, -0.2) is 23.0 Å². The molecule has 0 aromatic carbocycles. The molecular weight excluding hydrogens is 156 g/mol. The molecule has 0 unspecified atom stereocenters. The number of hydrogen-bond acceptors (Lipinski definition) is 4. The highest BCUT2D eigenvalue weighted by molar-refractivity contribution is 5.84. The molecule has 1 heterocycles. The molecule has 4 nitrogen and oxygen atoms in total. The number of hydrogen-bond donors (Lipinski definition) is 0. The topological polar surface area (TPSA) is 52.1 Å². The van der Waals surface area contributed by atoms with Crippen LogP contribution < -0.4 is 0 Å². The van der Waals surface area contributed by atoms with Gasteiger partial charge in [0.2, 0.25) is 5.82 Å². The number of carbonyl (C=O) groups is 1. The molecule has 60 valence electrons. The molecule has 1 aromatic heterocycles. The lowest BCUT2D eigenvalue weighted by atomic mass is 10.3. The van der Waals surface area contributed by atoms with Crippen LogP contribution in [0.1, 0.15) is 16.2 Å². The number of rotatable bonds is 1. The number of methoxy groups -OCH3 is 1. The van der Waals surface area contributed by atoms with Gasteiger partial charge in [0.1, 0.15) is 0 Å². The van der Waals surface area contributed by atoms with E-state index in [9.17, 15) is 4.79 Å². The van der Waals surface area contributed by atoms with Crippen LogP contribution in [0.15, 0.2) is 12.4 Å². The molecule has 1 aromatic rings. The normalized spacial score (nSPS) is 8.67. The van der Waals surface area contributed by atoms with E-state index in [1.54, 1.807) is 0 Å². The maximum atomic E-state index is 10.8. The second kappa shape index (κ2) is 3.49. The van der Waals surface area contributed by atoms with Gasteiger partial charge < -0.3 is 4.74 Å². The minimum atomic E-state index is -0.571. The van der Waals surface area contributed by atoms with E-state index in [2.05, 4.69) is 20.6 Å². The maximum absolute atomic E-state index is 10.8. The second-order valence-corrected chi connectivity index (χ2v) is 1.93. The smallest absolute Gasteiger partial charge is 0.376 e. The summed E-state index contributed by atoms with van der Waals surface area (Å²) in [5.41, 5.74) is 0.530. The van der Waals surface area contributed by atoms with Gasteiger partial charge in [-0.2, -0.15) is 0 Å². The molecule has 0 saturated carbocycles. The molecule has 4 heteroatoms. The summed E-state index contributed by atoms with van der Waals surface area (Å²) in [6, 6.07) is 0. The Morgan fingerprint density at radius 1 is 1.58 bits per heavy atom. The van der Waals surface area contributed by atoms with Crippen molar-refractivity contribution in [1.82, 2.24) is 9.97 Å². The van der Waals surface area contributed by atoms with E-state index in [0.29, 0.717) is 5.56 Å². The Balaban J connectivity index is 2.94. The van der Waals surface area contributed by atoms with E-state index in [0.717, 1.165) is 0 Å². The first-order valence-electron chi connectivity index (χ1n) is 3.15. The van der Waals surface area contributed by atoms with Crippen LogP contribution in [0.4, 0.5) is 0 Å². The van der Waals surface area contributed by atoms with Crippen LogP contribution in [0.2, 0.25) is 0 Å². The summed E-state index contributed by atoms with van der Waals surface area (Å²) < 4.78 is 4.39. The fraction of sp³-hybridized carbons (Fsp3) is 0.125. The van der Waals surface area contributed by atoms with Gasteiger partial charge in [0.15, 0.2) is 0 Å². The summed E-state index contributed by atoms with van der Waals surface area (Å²) in [7, 11) is 1.26. The number of terminal acetylenes is 1. The van der Waals surface area contributed by atoms with E-state index >= 15 is 0 Å². The van der Waals surface area contributed by atoms with Crippen LogP contribution in [-0.2, 0) is 4.74 Å². The van der Waals surface area contributed by atoms with Crippen molar-refractivity contribution in [3.05, 3.63) is 23.8 Å². The maximum Gasteiger partial charge on any atom is 0.376 e. The molecule has 0 bridgehead atoms. The fourth-order valence-electron chi connectivity index (χ4n) is 0.599. The van der Waals surface area contributed by atoms with Gasteiger partial charge in [-0.05, 0) is 0 Å². The van der Waals surface area contributed by atoms with Crippen molar-refractivity contribution in [2.75, 3.05) is 7.11 Å². The minimum Gasteiger partial charge on any atom is -0.463 e. The second-order valence-electron chi connectivity index (χ2n) is 1.93. The Morgan fingerprint density at radius 3 is 2.58 bits per heavy atom. The van der Waals surface area contributed by atoms with E-state index in [1.165, 1.54) is 19.5 Å². The zero-order chi connectivity index (χ0) is 8.97. The average Bonchev–Trinajstić information content (AvgIpc) is 2.17. The molecule has 0 amide bonds. The molecule has 0 radical (unpaired) electrons. The zero-order valence-corrected chi connectivity index (χ0v) is 6.44. The van der Waals surface area contributed by atoms with Crippen molar-refractivity contribution in [3.8, 4) is 12.3 Å². The first-order chi connectivity index (χ1) is 5.77. The highest BCUT2D eigenvalue weighted by Gasteiger charge is 2.06. The average molecular weight is 162 g/mol. The van der Waals surface area contributed by atoms with Gasteiger partial charge in [-0.1, -0.05) is 5.92 Å². The molecule has 0 aliphatic carbocycles. The summed E-state index contributed by atoms with van der Waals surface area (Å²) in [4.78, 5) is 18.2. The third-order valence-corrected chi connectivity index (χ3v) is 1.19. The molecule has 0 saturated heterocycles. The predicted octanol–water partition coefficient (Wildman–Crippen LogP) is 0.245. The Hall–Kier alpha value is -1.89. The van der Waals surface area contributed by atoms with Crippen molar-refractivity contribution < 1.29 is 9.53 Å². The Bertz CT molecular complexity index is 324. The van der Waals surface area contributed by atoms with Crippen molar-refractivity contribution in [1.29, 1.82) is 0 Å². The van der Waals surface area contributed by atoms with Gasteiger partial charge >= 0.3 is 5.97 Å². The van der Waals surface area contributed by atoms with Gasteiger partial charge in [-0.3, -0.25) is 0 Å². The predicted molar refractivity (Wildman–Crippen MR) is 41.3 cm³/mol. The quantitative estimate of drug-likeness (QED) is 0.438. The Morgan fingerprint density at radius 2 is 2.17 bits per heavy atom. The van der Waals surface area contributed by atoms with E-state index in [-0.39, 0.29) is 5.82 Å². The van der Waals surface area contributed by atoms with Gasteiger partial charge in [0.25, 0.3) is 0 Å². The molecule has 0 aliphatic heterocycles. The first-order valence-corrected chi connectivity index (χ1v) is 3.15. The third kappa shape index (κ3) is 1.58. The fourth-order valence-corrected chi connectivity index (χ4v) is 0.599.